The number of nitrogen functional groups attached to an aromatic ring is 1. The molecule has 1 aromatic heterocycles. The highest BCUT2D eigenvalue weighted by Gasteiger charge is 2.13. The van der Waals surface area contributed by atoms with Crippen LogP contribution in [0.1, 0.15) is 36.3 Å². The van der Waals surface area contributed by atoms with Gasteiger partial charge < -0.3 is 15.7 Å². The van der Waals surface area contributed by atoms with Crippen molar-refractivity contribution in [3.63, 3.8) is 0 Å². The highest BCUT2D eigenvalue weighted by atomic mass is 16.3. The zero-order valence-corrected chi connectivity index (χ0v) is 11.2. The van der Waals surface area contributed by atoms with Crippen molar-refractivity contribution in [1.29, 1.82) is 0 Å². The molecule has 5 nitrogen and oxygen atoms in total. The van der Waals surface area contributed by atoms with Gasteiger partial charge >= 0.3 is 0 Å². The molecule has 0 bridgehead atoms. The van der Waals surface area contributed by atoms with Crippen LogP contribution in [0.15, 0.2) is 12.1 Å². The summed E-state index contributed by atoms with van der Waals surface area (Å²) in [5.41, 5.74) is 7.03. The SMILES string of the molecule is CCc1cc(C(=O)N(C)CCC(C)O)cc(N)n1. The Morgan fingerprint density at radius 3 is 2.78 bits per heavy atom. The molecule has 0 fully saturated rings. The predicted octanol–water partition coefficient (Wildman–Crippen LogP) is 1.07. The molecule has 1 aromatic rings. The summed E-state index contributed by atoms with van der Waals surface area (Å²) in [4.78, 5) is 17.9. The van der Waals surface area contributed by atoms with Crippen LogP contribution in [-0.2, 0) is 6.42 Å². The summed E-state index contributed by atoms with van der Waals surface area (Å²) in [7, 11) is 1.72. The Morgan fingerprint density at radius 1 is 1.56 bits per heavy atom. The Bertz CT molecular complexity index is 419. The number of aliphatic hydroxyl groups excluding tert-OH is 1. The van der Waals surface area contributed by atoms with Gasteiger partial charge in [-0.25, -0.2) is 4.98 Å². The molecule has 1 rings (SSSR count). The molecule has 1 amide bonds. The Hall–Kier alpha value is -1.62. The fraction of sp³-hybridized carbons (Fsp3) is 0.538. The van der Waals surface area contributed by atoms with E-state index in [1.165, 1.54) is 0 Å². The second-order valence-electron chi connectivity index (χ2n) is 4.49. The number of carbonyl (C=O) groups excluding carboxylic acids is 1. The lowest BCUT2D eigenvalue weighted by molar-refractivity contribution is 0.0769. The van der Waals surface area contributed by atoms with Crippen molar-refractivity contribution in [3.8, 4) is 0 Å². The molecule has 0 saturated carbocycles. The third-order valence-corrected chi connectivity index (χ3v) is 2.74. The van der Waals surface area contributed by atoms with E-state index in [2.05, 4.69) is 4.98 Å². The number of hydrogen-bond donors (Lipinski definition) is 2. The number of aliphatic hydroxyl groups is 1. The van der Waals surface area contributed by atoms with Crippen molar-refractivity contribution in [2.24, 2.45) is 0 Å². The van der Waals surface area contributed by atoms with E-state index in [9.17, 15) is 9.90 Å². The van der Waals surface area contributed by atoms with Crippen LogP contribution in [0.3, 0.4) is 0 Å². The third-order valence-electron chi connectivity index (χ3n) is 2.74. The number of carbonyl (C=O) groups is 1. The second-order valence-corrected chi connectivity index (χ2v) is 4.49. The van der Waals surface area contributed by atoms with Crippen LogP contribution in [0.2, 0.25) is 0 Å². The van der Waals surface area contributed by atoms with Gasteiger partial charge in [0.15, 0.2) is 0 Å². The molecule has 0 aliphatic heterocycles. The van der Waals surface area contributed by atoms with E-state index in [1.54, 1.807) is 31.0 Å². The molecule has 100 valence electrons. The average molecular weight is 251 g/mol. The number of anilines is 1. The minimum absolute atomic E-state index is 0.0977. The van der Waals surface area contributed by atoms with E-state index in [1.807, 2.05) is 6.92 Å². The lowest BCUT2D eigenvalue weighted by atomic mass is 10.1. The van der Waals surface area contributed by atoms with Crippen molar-refractivity contribution in [2.75, 3.05) is 19.3 Å². The summed E-state index contributed by atoms with van der Waals surface area (Å²) in [5, 5.41) is 9.21. The van der Waals surface area contributed by atoms with Gasteiger partial charge in [-0.2, -0.15) is 0 Å². The Balaban J connectivity index is 2.79. The minimum Gasteiger partial charge on any atom is -0.393 e. The first kappa shape index (κ1) is 14.4. The van der Waals surface area contributed by atoms with Gasteiger partial charge in [0.2, 0.25) is 0 Å². The van der Waals surface area contributed by atoms with Crippen LogP contribution in [0.25, 0.3) is 0 Å². The highest BCUT2D eigenvalue weighted by molar-refractivity contribution is 5.94. The molecule has 1 atom stereocenters. The van der Waals surface area contributed by atoms with Crippen LogP contribution in [0.5, 0.6) is 0 Å². The van der Waals surface area contributed by atoms with Gasteiger partial charge in [0.05, 0.1) is 6.10 Å². The van der Waals surface area contributed by atoms with Crippen LogP contribution in [-0.4, -0.2) is 40.6 Å². The highest BCUT2D eigenvalue weighted by Crippen LogP contribution is 2.11. The van der Waals surface area contributed by atoms with Crippen LogP contribution in [0, 0.1) is 0 Å². The number of hydrogen-bond acceptors (Lipinski definition) is 4. The van der Waals surface area contributed by atoms with Gasteiger partial charge in [-0.05, 0) is 31.9 Å². The first-order valence-corrected chi connectivity index (χ1v) is 6.14. The maximum Gasteiger partial charge on any atom is 0.253 e. The average Bonchev–Trinajstić information content (AvgIpc) is 2.34. The normalized spacial score (nSPS) is 12.2. The second kappa shape index (κ2) is 6.35. The fourth-order valence-electron chi connectivity index (χ4n) is 1.62. The molecule has 3 N–H and O–H groups in total. The zero-order chi connectivity index (χ0) is 13.7. The molecule has 0 aliphatic carbocycles. The summed E-state index contributed by atoms with van der Waals surface area (Å²) in [6.07, 6.45) is 0.889. The molecule has 0 aromatic carbocycles. The number of amides is 1. The molecule has 1 unspecified atom stereocenters. The molecule has 0 aliphatic rings. The Kier molecular flexibility index (Phi) is 5.09. The monoisotopic (exact) mass is 251 g/mol. The molecule has 1 heterocycles. The Morgan fingerprint density at radius 2 is 2.22 bits per heavy atom. The van der Waals surface area contributed by atoms with Gasteiger partial charge in [-0.15, -0.1) is 0 Å². The first-order valence-electron chi connectivity index (χ1n) is 6.14. The van der Waals surface area contributed by atoms with E-state index >= 15 is 0 Å². The lowest BCUT2D eigenvalue weighted by Crippen LogP contribution is -2.29. The van der Waals surface area contributed by atoms with Crippen molar-refractivity contribution in [3.05, 3.63) is 23.4 Å². The van der Waals surface area contributed by atoms with Crippen LogP contribution >= 0.6 is 0 Å². The quantitative estimate of drug-likeness (QED) is 0.820. The summed E-state index contributed by atoms with van der Waals surface area (Å²) in [6.45, 7) is 4.19. The lowest BCUT2D eigenvalue weighted by Gasteiger charge is -2.18. The van der Waals surface area contributed by atoms with Gasteiger partial charge in [0.25, 0.3) is 5.91 Å². The van der Waals surface area contributed by atoms with E-state index < -0.39 is 6.10 Å². The summed E-state index contributed by atoms with van der Waals surface area (Å²) >= 11 is 0. The van der Waals surface area contributed by atoms with Gasteiger partial charge in [-0.3, -0.25) is 4.79 Å². The molecule has 0 saturated heterocycles. The number of aromatic nitrogens is 1. The third kappa shape index (κ3) is 4.00. The molecule has 0 spiro atoms. The minimum atomic E-state index is -0.408. The largest absolute Gasteiger partial charge is 0.393 e. The first-order chi connectivity index (χ1) is 8.43. The molecule has 18 heavy (non-hydrogen) atoms. The summed E-state index contributed by atoms with van der Waals surface area (Å²) in [6, 6.07) is 3.35. The number of nitrogens with two attached hydrogens (primary N) is 1. The van der Waals surface area contributed by atoms with Crippen molar-refractivity contribution < 1.29 is 9.90 Å². The fourth-order valence-corrected chi connectivity index (χ4v) is 1.62. The van der Waals surface area contributed by atoms with E-state index in [0.717, 1.165) is 12.1 Å². The molecule has 5 heteroatoms. The van der Waals surface area contributed by atoms with E-state index in [4.69, 9.17) is 5.73 Å². The standard InChI is InChI=1S/C13H21N3O2/c1-4-11-7-10(8-12(14)15-11)13(18)16(3)6-5-9(2)17/h7-9,17H,4-6H2,1-3H3,(H2,14,15). The number of rotatable bonds is 5. The van der Waals surface area contributed by atoms with Gasteiger partial charge in [0, 0.05) is 24.8 Å². The molecular formula is C13H21N3O2. The Labute approximate surface area is 108 Å². The smallest absolute Gasteiger partial charge is 0.253 e. The van der Waals surface area contributed by atoms with E-state index in [-0.39, 0.29) is 5.91 Å². The number of pyridine rings is 1. The topological polar surface area (TPSA) is 79.5 Å². The van der Waals surface area contributed by atoms with Crippen LogP contribution in [0.4, 0.5) is 5.82 Å². The maximum atomic E-state index is 12.1. The zero-order valence-electron chi connectivity index (χ0n) is 11.2. The van der Waals surface area contributed by atoms with Gasteiger partial charge in [0.1, 0.15) is 5.82 Å². The summed E-state index contributed by atoms with van der Waals surface area (Å²) < 4.78 is 0. The van der Waals surface area contributed by atoms with Crippen molar-refractivity contribution in [1.82, 2.24) is 9.88 Å². The van der Waals surface area contributed by atoms with Gasteiger partial charge in [-0.1, -0.05) is 6.92 Å². The maximum absolute atomic E-state index is 12.1. The van der Waals surface area contributed by atoms with Crippen molar-refractivity contribution in [2.45, 2.75) is 32.8 Å². The molecular weight excluding hydrogens is 230 g/mol. The predicted molar refractivity (Wildman–Crippen MR) is 71.3 cm³/mol. The number of aryl methyl sites for hydroxylation is 1. The van der Waals surface area contributed by atoms with Crippen molar-refractivity contribution >= 4 is 11.7 Å². The van der Waals surface area contributed by atoms with E-state index in [0.29, 0.717) is 24.3 Å². The molecule has 0 radical (unpaired) electrons. The summed E-state index contributed by atoms with van der Waals surface area (Å²) in [5.74, 6) is 0.265. The number of nitrogens with zero attached hydrogens (tertiary/aromatic N) is 2. The van der Waals surface area contributed by atoms with Crippen LogP contribution < -0.4 is 5.73 Å².